The number of aryl methyl sites for hydroxylation is 1. The molecule has 1 amide bonds. The molecule has 2 heterocycles. The number of piperidine rings is 1. The van der Waals surface area contributed by atoms with Crippen LogP contribution in [0.4, 0.5) is 5.13 Å². The second kappa shape index (κ2) is 8.15. The third-order valence-electron chi connectivity index (χ3n) is 4.80. The average Bonchev–Trinajstić information content (AvgIpc) is 2.94. The molecule has 2 aliphatic rings. The smallest absolute Gasteiger partial charge is 0.236 e. The largest absolute Gasteiger partial charge is 0.357 e. The summed E-state index contributed by atoms with van der Waals surface area (Å²) in [7, 11) is 0. The molecule has 1 atom stereocenters. The fraction of sp³-hybridized carbons (Fsp3) is 0.706. The van der Waals surface area contributed by atoms with E-state index in [9.17, 15) is 4.79 Å². The van der Waals surface area contributed by atoms with Crippen LogP contribution in [-0.4, -0.2) is 39.0 Å². The van der Waals surface area contributed by atoms with E-state index in [1.807, 2.05) is 0 Å². The van der Waals surface area contributed by atoms with Crippen molar-refractivity contribution in [2.24, 2.45) is 11.8 Å². The van der Waals surface area contributed by atoms with Crippen LogP contribution in [0.15, 0.2) is 0 Å². The minimum Gasteiger partial charge on any atom is -0.357 e. The molecule has 0 saturated carbocycles. The zero-order valence-corrected chi connectivity index (χ0v) is 16.8. The summed E-state index contributed by atoms with van der Waals surface area (Å²) in [6, 6.07) is 0. The van der Waals surface area contributed by atoms with Crippen molar-refractivity contribution in [1.82, 2.24) is 9.88 Å². The van der Waals surface area contributed by atoms with Crippen LogP contribution in [0.2, 0.25) is 0 Å². The number of aromatic nitrogens is 1. The van der Waals surface area contributed by atoms with Crippen molar-refractivity contribution in [3.63, 3.8) is 0 Å². The molecule has 0 aromatic carbocycles. The zero-order valence-electron chi connectivity index (χ0n) is 14.3. The monoisotopic (exact) mass is 383 g/mol. The normalized spacial score (nSPS) is 21.4. The van der Waals surface area contributed by atoms with Gasteiger partial charge in [-0.15, -0.1) is 11.3 Å². The Morgan fingerprint density at radius 3 is 2.83 bits per heavy atom. The third-order valence-corrected chi connectivity index (χ3v) is 7.36. The highest BCUT2D eigenvalue weighted by molar-refractivity contribution is 8.23. The van der Waals surface area contributed by atoms with Gasteiger partial charge in [0.2, 0.25) is 5.91 Å². The van der Waals surface area contributed by atoms with Gasteiger partial charge in [-0.25, -0.2) is 4.98 Å². The molecule has 24 heavy (non-hydrogen) atoms. The lowest BCUT2D eigenvalue weighted by molar-refractivity contribution is -0.113. The minimum absolute atomic E-state index is 0.00753. The molecule has 0 radical (unpaired) electrons. The predicted octanol–water partition coefficient (Wildman–Crippen LogP) is 3.96. The highest BCUT2D eigenvalue weighted by Gasteiger charge is 2.21. The van der Waals surface area contributed by atoms with E-state index < -0.39 is 0 Å². The molecular weight excluding hydrogens is 358 g/mol. The van der Waals surface area contributed by atoms with Crippen LogP contribution < -0.4 is 5.32 Å². The molecule has 1 saturated heterocycles. The molecular formula is C17H25N3OS3. The maximum Gasteiger partial charge on any atom is 0.236 e. The first-order valence-electron chi connectivity index (χ1n) is 8.71. The second-order valence-corrected chi connectivity index (χ2v) is 9.70. The highest BCUT2D eigenvalue weighted by Crippen LogP contribution is 2.32. The van der Waals surface area contributed by atoms with Crippen molar-refractivity contribution in [2.75, 3.05) is 24.2 Å². The Bertz CT molecular complexity index is 608. The van der Waals surface area contributed by atoms with Crippen molar-refractivity contribution in [2.45, 2.75) is 46.0 Å². The fourth-order valence-electron chi connectivity index (χ4n) is 3.16. The van der Waals surface area contributed by atoms with E-state index in [0.717, 1.165) is 47.2 Å². The number of hydrogen-bond donors (Lipinski definition) is 1. The average molecular weight is 384 g/mol. The molecule has 1 aliphatic carbocycles. The van der Waals surface area contributed by atoms with Gasteiger partial charge in [0.15, 0.2) is 5.13 Å². The highest BCUT2D eigenvalue weighted by atomic mass is 32.2. The molecule has 3 rings (SSSR count). The Morgan fingerprint density at radius 1 is 1.33 bits per heavy atom. The van der Waals surface area contributed by atoms with Gasteiger partial charge in [0.25, 0.3) is 0 Å². The quantitative estimate of drug-likeness (QED) is 0.801. The number of likely N-dealkylation sites (tertiary alicyclic amines) is 1. The third kappa shape index (κ3) is 4.70. The summed E-state index contributed by atoms with van der Waals surface area (Å²) >= 11 is 8.58. The molecule has 1 aromatic rings. The van der Waals surface area contributed by atoms with E-state index in [4.69, 9.17) is 12.2 Å². The Kier molecular flexibility index (Phi) is 6.16. The lowest BCUT2D eigenvalue weighted by Gasteiger charge is -2.31. The first-order chi connectivity index (χ1) is 11.5. The van der Waals surface area contributed by atoms with Gasteiger partial charge < -0.3 is 10.2 Å². The first-order valence-corrected chi connectivity index (χ1v) is 10.9. The summed E-state index contributed by atoms with van der Waals surface area (Å²) < 4.78 is 0.851. The number of nitrogens with one attached hydrogen (secondary N) is 1. The van der Waals surface area contributed by atoms with Gasteiger partial charge in [-0.05, 0) is 43.9 Å². The lowest BCUT2D eigenvalue weighted by Crippen LogP contribution is -2.36. The number of nitrogens with zero attached hydrogens (tertiary/aromatic N) is 2. The van der Waals surface area contributed by atoms with Gasteiger partial charge in [0.1, 0.15) is 4.32 Å². The molecule has 1 aromatic heterocycles. The second-order valence-electron chi connectivity index (χ2n) is 7.01. The summed E-state index contributed by atoms with van der Waals surface area (Å²) in [5.41, 5.74) is 1.18. The van der Waals surface area contributed by atoms with Gasteiger partial charge >= 0.3 is 0 Å². The molecule has 7 heteroatoms. The van der Waals surface area contributed by atoms with E-state index in [1.54, 1.807) is 11.3 Å². The van der Waals surface area contributed by atoms with E-state index >= 15 is 0 Å². The minimum atomic E-state index is -0.00753. The maximum atomic E-state index is 12.2. The lowest BCUT2D eigenvalue weighted by atomic mass is 9.93. The number of carbonyl (C=O) groups is 1. The molecule has 1 unspecified atom stereocenters. The predicted molar refractivity (Wildman–Crippen MR) is 107 cm³/mol. The van der Waals surface area contributed by atoms with Crippen LogP contribution in [0.25, 0.3) is 0 Å². The topological polar surface area (TPSA) is 45.2 Å². The Morgan fingerprint density at radius 2 is 2.08 bits per heavy atom. The number of amides is 1. The summed E-state index contributed by atoms with van der Waals surface area (Å²) in [6.45, 7) is 6.60. The molecule has 1 N–H and O–H groups in total. The van der Waals surface area contributed by atoms with Crippen molar-refractivity contribution in [3.05, 3.63) is 10.6 Å². The number of rotatable bonds is 3. The number of fused-ring (bicyclic) bond motifs is 1. The number of hydrogen-bond acceptors (Lipinski definition) is 5. The van der Waals surface area contributed by atoms with Crippen LogP contribution in [0.1, 0.15) is 43.7 Å². The van der Waals surface area contributed by atoms with E-state index in [0.29, 0.717) is 5.75 Å². The van der Waals surface area contributed by atoms with Crippen LogP contribution in [0, 0.1) is 11.8 Å². The Balaban J connectivity index is 1.45. The number of thiocarbonyl (C=S) groups is 1. The van der Waals surface area contributed by atoms with E-state index in [2.05, 4.69) is 29.0 Å². The molecule has 0 bridgehead atoms. The van der Waals surface area contributed by atoms with Crippen LogP contribution in [0.5, 0.6) is 0 Å². The van der Waals surface area contributed by atoms with Gasteiger partial charge in [-0.3, -0.25) is 4.79 Å². The number of carbonyl (C=O) groups excluding carboxylic acids is 1. The molecule has 132 valence electrons. The van der Waals surface area contributed by atoms with Gasteiger partial charge in [-0.2, -0.15) is 0 Å². The van der Waals surface area contributed by atoms with Crippen molar-refractivity contribution in [3.8, 4) is 0 Å². The van der Waals surface area contributed by atoms with Crippen LogP contribution in [-0.2, 0) is 17.6 Å². The summed E-state index contributed by atoms with van der Waals surface area (Å²) in [6.07, 6.45) is 5.71. The summed E-state index contributed by atoms with van der Waals surface area (Å²) in [5.74, 6) is 1.87. The number of anilines is 1. The number of thiazole rings is 1. The van der Waals surface area contributed by atoms with Crippen LogP contribution in [0.3, 0.4) is 0 Å². The van der Waals surface area contributed by atoms with Crippen molar-refractivity contribution >= 4 is 50.7 Å². The van der Waals surface area contributed by atoms with Crippen molar-refractivity contribution < 1.29 is 4.79 Å². The van der Waals surface area contributed by atoms with Gasteiger partial charge in [-0.1, -0.05) is 37.8 Å². The Labute approximate surface area is 157 Å². The van der Waals surface area contributed by atoms with Crippen LogP contribution >= 0.6 is 35.3 Å². The van der Waals surface area contributed by atoms with Gasteiger partial charge in [0, 0.05) is 18.0 Å². The standard InChI is InChI=1S/C17H25N3OS3/c1-11-5-7-20(8-6-11)17(22)23-10-15(21)19-16-18-13-4-3-12(2)9-14(13)24-16/h11-12H,3-10H2,1-2H3,(H,18,19,21). The van der Waals surface area contributed by atoms with E-state index in [1.165, 1.54) is 41.6 Å². The van der Waals surface area contributed by atoms with Crippen molar-refractivity contribution in [1.29, 1.82) is 0 Å². The zero-order chi connectivity index (χ0) is 17.1. The number of thioether (sulfide) groups is 1. The Hall–Kier alpha value is -0.660. The van der Waals surface area contributed by atoms with Gasteiger partial charge in [0.05, 0.1) is 11.4 Å². The van der Waals surface area contributed by atoms with E-state index in [-0.39, 0.29) is 5.91 Å². The summed E-state index contributed by atoms with van der Waals surface area (Å²) in [5, 5.41) is 3.70. The SMILES string of the molecule is CC1CCN(C(=S)SCC(=O)Nc2nc3c(s2)CC(C)CC3)CC1. The first kappa shape index (κ1) is 18.1. The maximum absolute atomic E-state index is 12.2. The molecule has 0 spiro atoms. The molecule has 1 aliphatic heterocycles. The fourth-order valence-corrected chi connectivity index (χ4v) is 5.40. The summed E-state index contributed by atoms with van der Waals surface area (Å²) in [4.78, 5) is 20.3. The molecule has 4 nitrogen and oxygen atoms in total. The molecule has 1 fully saturated rings.